The van der Waals surface area contributed by atoms with Crippen molar-refractivity contribution in [1.82, 2.24) is 0 Å². The molecule has 1 aliphatic heterocycles. The molecule has 2 N–H and O–H groups in total. The van der Waals surface area contributed by atoms with Crippen molar-refractivity contribution < 1.29 is 9.47 Å². The minimum absolute atomic E-state index is 0.156. The van der Waals surface area contributed by atoms with Gasteiger partial charge < -0.3 is 15.2 Å². The zero-order valence-electron chi connectivity index (χ0n) is 16.7. The normalized spacial score (nSPS) is 15.5. The van der Waals surface area contributed by atoms with Gasteiger partial charge in [0.2, 0.25) is 0 Å². The van der Waals surface area contributed by atoms with Gasteiger partial charge in [0.15, 0.2) is 0 Å². The second kappa shape index (κ2) is 7.66. The van der Waals surface area contributed by atoms with Crippen molar-refractivity contribution in [2.45, 2.75) is 55.7 Å². The fraction of sp³-hybridized carbons (Fsp3) is 0.409. The van der Waals surface area contributed by atoms with Crippen LogP contribution in [-0.2, 0) is 20.8 Å². The smallest absolute Gasteiger partial charge is 0.300 e. The van der Waals surface area contributed by atoms with Crippen LogP contribution in [-0.4, -0.2) is 19.0 Å². The molecule has 0 amide bonds. The first-order valence-electron chi connectivity index (χ1n) is 9.35. The second-order valence-electron chi connectivity index (χ2n) is 7.53. The summed E-state index contributed by atoms with van der Waals surface area (Å²) in [7, 11) is 0. The van der Waals surface area contributed by atoms with Crippen LogP contribution in [0.15, 0.2) is 57.2 Å². The summed E-state index contributed by atoms with van der Waals surface area (Å²) < 4.78 is 11.7. The van der Waals surface area contributed by atoms with Gasteiger partial charge in [-0.25, -0.2) is 4.99 Å². The molecular weight excluding hydrogens is 356 g/mol. The topological polar surface area (TPSA) is 56.8 Å². The van der Waals surface area contributed by atoms with E-state index in [1.807, 2.05) is 19.9 Å². The number of ether oxygens (including phenoxy) is 2. The highest BCUT2D eigenvalue weighted by Crippen LogP contribution is 2.40. The maximum absolute atomic E-state index is 6.19. The van der Waals surface area contributed by atoms with Crippen LogP contribution >= 0.6 is 11.8 Å². The quantitative estimate of drug-likeness (QED) is 0.709. The fourth-order valence-corrected chi connectivity index (χ4v) is 4.02. The third-order valence-corrected chi connectivity index (χ3v) is 5.51. The molecule has 0 unspecified atom stereocenters. The number of fused-ring (bicyclic) bond motifs is 1. The highest BCUT2D eigenvalue weighted by Gasteiger charge is 2.41. The summed E-state index contributed by atoms with van der Waals surface area (Å²) in [6.45, 7) is 11.5. The zero-order valence-corrected chi connectivity index (χ0v) is 17.5. The molecule has 0 atom stereocenters. The van der Waals surface area contributed by atoms with Gasteiger partial charge in [0, 0.05) is 34.1 Å². The Morgan fingerprint density at radius 1 is 0.963 bits per heavy atom. The Morgan fingerprint density at radius 2 is 1.56 bits per heavy atom. The van der Waals surface area contributed by atoms with E-state index in [-0.39, 0.29) is 5.41 Å². The van der Waals surface area contributed by atoms with E-state index in [0.29, 0.717) is 19.0 Å². The lowest BCUT2D eigenvalue weighted by Crippen LogP contribution is -2.29. The molecule has 0 radical (unpaired) electrons. The van der Waals surface area contributed by atoms with E-state index in [0.717, 1.165) is 16.0 Å². The monoisotopic (exact) mass is 384 g/mol. The molecular formula is C22H28N2O2S. The van der Waals surface area contributed by atoms with E-state index in [2.05, 4.69) is 62.2 Å². The van der Waals surface area contributed by atoms with E-state index in [1.54, 1.807) is 11.8 Å². The molecule has 2 aromatic carbocycles. The van der Waals surface area contributed by atoms with Crippen LogP contribution in [0.2, 0.25) is 0 Å². The molecule has 144 valence electrons. The van der Waals surface area contributed by atoms with Crippen molar-refractivity contribution >= 4 is 17.6 Å². The molecule has 1 heterocycles. The molecule has 0 saturated carbocycles. The van der Waals surface area contributed by atoms with Crippen molar-refractivity contribution in [2.75, 3.05) is 13.2 Å². The molecule has 4 nitrogen and oxygen atoms in total. The molecule has 0 aromatic heterocycles. The summed E-state index contributed by atoms with van der Waals surface area (Å²) in [6, 6.07) is 14.9. The van der Waals surface area contributed by atoms with E-state index in [9.17, 15) is 0 Å². The van der Waals surface area contributed by atoms with Gasteiger partial charge in [-0.2, -0.15) is 0 Å². The van der Waals surface area contributed by atoms with E-state index < -0.39 is 5.91 Å². The highest BCUT2D eigenvalue weighted by molar-refractivity contribution is 7.99. The van der Waals surface area contributed by atoms with Gasteiger partial charge in [-0.05, 0) is 55.2 Å². The van der Waals surface area contributed by atoms with Crippen LogP contribution in [0.5, 0.6) is 0 Å². The first-order valence-corrected chi connectivity index (χ1v) is 10.2. The largest absolute Gasteiger partial charge is 0.383 e. The molecule has 0 spiro atoms. The van der Waals surface area contributed by atoms with E-state index in [1.165, 1.54) is 10.5 Å². The Kier molecular flexibility index (Phi) is 5.65. The van der Waals surface area contributed by atoms with Gasteiger partial charge in [-0.3, -0.25) is 0 Å². The molecule has 0 saturated heterocycles. The molecule has 5 heteroatoms. The average Bonchev–Trinajstić information content (AvgIpc) is 2.87. The third-order valence-electron chi connectivity index (χ3n) is 4.51. The number of nitrogens with zero attached hydrogens (tertiary/aromatic N) is 1. The third kappa shape index (κ3) is 4.05. The number of benzene rings is 2. The molecule has 0 aliphatic carbocycles. The SMILES string of the molecule is CCOC1(OCC)N=C(N)c2cc(Sc3ccc(C(C)(C)C)cc3)ccc21. The van der Waals surface area contributed by atoms with Crippen molar-refractivity contribution in [3.63, 3.8) is 0 Å². The van der Waals surface area contributed by atoms with Crippen LogP contribution in [0.3, 0.4) is 0 Å². The van der Waals surface area contributed by atoms with Crippen LogP contribution in [0.4, 0.5) is 0 Å². The summed E-state index contributed by atoms with van der Waals surface area (Å²) in [5.41, 5.74) is 9.43. The van der Waals surface area contributed by atoms with Crippen LogP contribution < -0.4 is 5.73 Å². The standard InChI is InChI=1S/C22H28N2O2S/c1-6-25-22(26-7-2)19-13-12-17(14-18(19)20(23)24-22)27-16-10-8-15(9-11-16)21(3,4)5/h8-14H,6-7H2,1-5H3,(H2,23,24). The molecule has 27 heavy (non-hydrogen) atoms. The Bertz CT molecular complexity index is 832. The summed E-state index contributed by atoms with van der Waals surface area (Å²) >= 11 is 1.71. The van der Waals surface area contributed by atoms with Gasteiger partial charge in [0.25, 0.3) is 0 Å². The predicted octanol–water partition coefficient (Wildman–Crippen LogP) is 5.04. The molecule has 0 bridgehead atoms. The zero-order chi connectivity index (χ0) is 19.7. The van der Waals surface area contributed by atoms with Gasteiger partial charge in [0.05, 0.1) is 0 Å². The maximum Gasteiger partial charge on any atom is 0.300 e. The summed E-state index contributed by atoms with van der Waals surface area (Å²) in [6.07, 6.45) is 0. The van der Waals surface area contributed by atoms with Crippen molar-refractivity contribution in [2.24, 2.45) is 10.7 Å². The van der Waals surface area contributed by atoms with Crippen LogP contribution in [0, 0.1) is 0 Å². The van der Waals surface area contributed by atoms with Crippen LogP contribution in [0.25, 0.3) is 0 Å². The maximum atomic E-state index is 6.19. The number of amidine groups is 1. The second-order valence-corrected chi connectivity index (χ2v) is 8.68. The fourth-order valence-electron chi connectivity index (χ4n) is 3.17. The summed E-state index contributed by atoms with van der Waals surface area (Å²) in [5, 5.41) is 0. The van der Waals surface area contributed by atoms with Gasteiger partial charge in [0.1, 0.15) is 5.84 Å². The Morgan fingerprint density at radius 3 is 2.11 bits per heavy atom. The Hall–Kier alpha value is -1.82. The van der Waals surface area contributed by atoms with Crippen molar-refractivity contribution in [3.05, 3.63) is 59.2 Å². The first kappa shape index (κ1) is 19.9. The lowest BCUT2D eigenvalue weighted by molar-refractivity contribution is -0.234. The number of rotatable bonds is 6. The molecule has 1 aliphatic rings. The Labute approximate surface area is 166 Å². The number of aliphatic imine (C=N–C) groups is 1. The lowest BCUT2D eigenvalue weighted by atomic mass is 9.87. The Balaban J connectivity index is 1.87. The predicted molar refractivity (Wildman–Crippen MR) is 111 cm³/mol. The summed E-state index contributed by atoms with van der Waals surface area (Å²) in [4.78, 5) is 6.80. The molecule has 3 rings (SSSR count). The first-order chi connectivity index (χ1) is 12.8. The van der Waals surface area contributed by atoms with Gasteiger partial charge >= 0.3 is 5.91 Å². The lowest BCUT2D eigenvalue weighted by Gasteiger charge is -2.26. The summed E-state index contributed by atoms with van der Waals surface area (Å²) in [5.74, 6) is -0.655. The average molecular weight is 385 g/mol. The minimum Gasteiger partial charge on any atom is -0.383 e. The number of nitrogens with two attached hydrogens (primary N) is 1. The number of hydrogen-bond donors (Lipinski definition) is 1. The van der Waals surface area contributed by atoms with E-state index >= 15 is 0 Å². The number of hydrogen-bond acceptors (Lipinski definition) is 5. The molecule has 2 aromatic rings. The molecule has 0 fully saturated rings. The minimum atomic E-state index is -1.11. The van der Waals surface area contributed by atoms with Crippen molar-refractivity contribution in [3.8, 4) is 0 Å². The highest BCUT2D eigenvalue weighted by atomic mass is 32.2. The van der Waals surface area contributed by atoms with E-state index in [4.69, 9.17) is 15.2 Å². The van der Waals surface area contributed by atoms with Gasteiger partial charge in [-0.15, -0.1) is 0 Å². The van der Waals surface area contributed by atoms with Crippen molar-refractivity contribution in [1.29, 1.82) is 0 Å². The van der Waals surface area contributed by atoms with Crippen LogP contribution in [0.1, 0.15) is 51.3 Å². The van der Waals surface area contributed by atoms with Gasteiger partial charge in [-0.1, -0.05) is 44.7 Å².